The summed E-state index contributed by atoms with van der Waals surface area (Å²) in [6.45, 7) is 3.76. The van der Waals surface area contributed by atoms with Crippen LogP contribution in [0, 0.1) is 19.8 Å². The molecule has 7 N–H and O–H groups in total. The fourth-order valence-electron chi connectivity index (χ4n) is 5.92. The van der Waals surface area contributed by atoms with Crippen LogP contribution in [-0.4, -0.2) is 85.0 Å². The quantitative estimate of drug-likeness (QED) is 0.0890. The molecule has 0 aliphatic heterocycles. The molecule has 0 spiro atoms. The average molecular weight is 678 g/mol. The van der Waals surface area contributed by atoms with Crippen molar-refractivity contribution in [3.63, 3.8) is 0 Å². The van der Waals surface area contributed by atoms with Crippen LogP contribution in [0.25, 0.3) is 0 Å². The van der Waals surface area contributed by atoms with Gasteiger partial charge in [-0.1, -0.05) is 38.5 Å². The second-order valence-corrected chi connectivity index (χ2v) is 13.5. The van der Waals surface area contributed by atoms with Crippen molar-refractivity contribution in [3.8, 4) is 5.75 Å². The van der Waals surface area contributed by atoms with Gasteiger partial charge in [-0.05, 0) is 92.7 Å². The molecule has 0 radical (unpaired) electrons. The normalized spacial score (nSPS) is 15.2. The number of unbranched alkanes of at least 4 members (excludes halogenated alkanes) is 2. The standard InChI is InChI=1S/C34H55N5O7S/c1-22-17-25(40)18-23(2)26(22)20-27(35)32(43)39-28(14-16-47-4)33(44)37-21-30(41)38-29(19-24-11-7-5-8-12-24)34(45)36-15-10-6-9-13-31(42)46-3/h17-18,24,27-29,40H,5-16,19-21,35H2,1-4H3,(H,36,45)(H,37,44)(H,38,41)(H,39,43)/t27-,28+,29-/m0/s1. The van der Waals surface area contributed by atoms with E-state index in [9.17, 15) is 29.1 Å². The van der Waals surface area contributed by atoms with Crippen molar-refractivity contribution >= 4 is 41.4 Å². The number of thioether (sulfide) groups is 1. The van der Waals surface area contributed by atoms with Gasteiger partial charge in [-0.25, -0.2) is 0 Å². The third kappa shape index (κ3) is 15.0. The Morgan fingerprint density at radius 3 is 2.23 bits per heavy atom. The smallest absolute Gasteiger partial charge is 0.305 e. The summed E-state index contributed by atoms with van der Waals surface area (Å²) in [7, 11) is 1.36. The lowest BCUT2D eigenvalue weighted by atomic mass is 9.84. The number of esters is 1. The first-order chi connectivity index (χ1) is 22.4. The molecule has 1 aliphatic carbocycles. The van der Waals surface area contributed by atoms with Crippen molar-refractivity contribution in [2.75, 3.05) is 32.2 Å². The summed E-state index contributed by atoms with van der Waals surface area (Å²) in [5, 5.41) is 20.9. The van der Waals surface area contributed by atoms with Crippen LogP contribution in [0.15, 0.2) is 12.1 Å². The molecule has 3 atom stereocenters. The lowest BCUT2D eigenvalue weighted by Crippen LogP contribution is -2.54. The van der Waals surface area contributed by atoms with Crippen LogP contribution >= 0.6 is 11.8 Å². The molecule has 0 unspecified atom stereocenters. The highest BCUT2D eigenvalue weighted by atomic mass is 32.2. The molecule has 0 aromatic heterocycles. The first kappa shape index (κ1) is 39.9. The Labute approximate surface area is 283 Å². The number of phenolic OH excluding ortho intramolecular Hbond substituents is 1. The maximum absolute atomic E-state index is 13.1. The van der Waals surface area contributed by atoms with Gasteiger partial charge in [-0.15, -0.1) is 0 Å². The summed E-state index contributed by atoms with van der Waals surface area (Å²) >= 11 is 1.53. The number of hydrogen-bond donors (Lipinski definition) is 6. The first-order valence-electron chi connectivity index (χ1n) is 16.7. The van der Waals surface area contributed by atoms with E-state index in [-0.39, 0.29) is 30.6 Å². The van der Waals surface area contributed by atoms with Crippen LogP contribution < -0.4 is 27.0 Å². The number of benzene rings is 1. The zero-order chi connectivity index (χ0) is 34.8. The molecule has 47 heavy (non-hydrogen) atoms. The molecule has 12 nitrogen and oxygen atoms in total. The number of carbonyl (C=O) groups excluding carboxylic acids is 5. The third-order valence-electron chi connectivity index (χ3n) is 8.64. The van der Waals surface area contributed by atoms with Gasteiger partial charge in [-0.2, -0.15) is 11.8 Å². The Morgan fingerprint density at radius 1 is 0.936 bits per heavy atom. The van der Waals surface area contributed by atoms with Crippen LogP contribution in [0.4, 0.5) is 0 Å². The van der Waals surface area contributed by atoms with Gasteiger partial charge >= 0.3 is 5.97 Å². The molecule has 1 fully saturated rings. The fourth-order valence-corrected chi connectivity index (χ4v) is 6.39. The summed E-state index contributed by atoms with van der Waals surface area (Å²) in [6.07, 6.45) is 10.9. The molecule has 264 valence electrons. The molecule has 2 rings (SSSR count). The number of aromatic hydroxyl groups is 1. The van der Waals surface area contributed by atoms with Gasteiger partial charge in [0.1, 0.15) is 17.8 Å². The van der Waals surface area contributed by atoms with Crippen molar-refractivity contribution in [2.24, 2.45) is 11.7 Å². The molecular weight excluding hydrogens is 622 g/mol. The van der Waals surface area contributed by atoms with E-state index >= 15 is 0 Å². The number of aryl methyl sites for hydroxylation is 2. The first-order valence-corrected chi connectivity index (χ1v) is 18.1. The monoisotopic (exact) mass is 677 g/mol. The molecule has 1 aromatic carbocycles. The second-order valence-electron chi connectivity index (χ2n) is 12.5. The Hall–Kier alpha value is -3.32. The van der Waals surface area contributed by atoms with Crippen molar-refractivity contribution in [1.82, 2.24) is 21.3 Å². The predicted molar refractivity (Wildman–Crippen MR) is 184 cm³/mol. The minimum Gasteiger partial charge on any atom is -0.508 e. The number of phenols is 1. The van der Waals surface area contributed by atoms with Crippen LogP contribution in [0.1, 0.15) is 87.3 Å². The topological polar surface area (TPSA) is 189 Å². The molecule has 1 aliphatic rings. The van der Waals surface area contributed by atoms with Crippen molar-refractivity contribution in [2.45, 2.75) is 109 Å². The van der Waals surface area contributed by atoms with Gasteiger partial charge in [0.25, 0.3) is 0 Å². The highest BCUT2D eigenvalue weighted by Crippen LogP contribution is 2.27. The van der Waals surface area contributed by atoms with E-state index in [1.165, 1.54) is 25.3 Å². The van der Waals surface area contributed by atoms with Crippen LogP contribution in [0.2, 0.25) is 0 Å². The number of rotatable bonds is 20. The number of nitrogens with one attached hydrogen (secondary N) is 4. The maximum Gasteiger partial charge on any atom is 0.305 e. The lowest BCUT2D eigenvalue weighted by molar-refractivity contribution is -0.140. The largest absolute Gasteiger partial charge is 0.508 e. The minimum atomic E-state index is -0.920. The van der Waals surface area contributed by atoms with Gasteiger partial charge in [0, 0.05) is 13.0 Å². The van der Waals surface area contributed by atoms with E-state index in [2.05, 4.69) is 26.0 Å². The fraction of sp³-hybridized carbons (Fsp3) is 0.676. The van der Waals surface area contributed by atoms with Gasteiger partial charge in [-0.3, -0.25) is 24.0 Å². The zero-order valence-corrected chi connectivity index (χ0v) is 29.3. The Bertz CT molecular complexity index is 1170. The van der Waals surface area contributed by atoms with E-state index in [0.29, 0.717) is 50.3 Å². The Balaban J connectivity index is 1.94. The van der Waals surface area contributed by atoms with Crippen LogP contribution in [0.3, 0.4) is 0 Å². The summed E-state index contributed by atoms with van der Waals surface area (Å²) in [6, 6.07) is 0.695. The molecule has 0 saturated heterocycles. The number of methoxy groups -OCH3 is 1. The van der Waals surface area contributed by atoms with Crippen LogP contribution in [-0.2, 0) is 35.1 Å². The summed E-state index contributed by atoms with van der Waals surface area (Å²) < 4.78 is 4.65. The molecule has 1 saturated carbocycles. The van der Waals surface area contributed by atoms with E-state index in [1.54, 1.807) is 12.1 Å². The molecular formula is C34H55N5O7S. The molecule has 0 bridgehead atoms. The van der Waals surface area contributed by atoms with Gasteiger partial charge in [0.15, 0.2) is 0 Å². The maximum atomic E-state index is 13.1. The van der Waals surface area contributed by atoms with E-state index in [1.807, 2.05) is 20.1 Å². The van der Waals surface area contributed by atoms with Crippen molar-refractivity contribution in [1.29, 1.82) is 0 Å². The SMILES string of the molecule is COC(=O)CCCCCNC(=O)[C@H](CC1CCCCC1)NC(=O)CNC(=O)[C@@H](CCSC)NC(=O)[C@@H](N)Cc1c(C)cc(O)cc1C. The number of amides is 4. The number of nitrogens with two attached hydrogens (primary N) is 1. The van der Waals surface area contributed by atoms with Crippen molar-refractivity contribution < 1.29 is 33.8 Å². The summed E-state index contributed by atoms with van der Waals surface area (Å²) in [4.78, 5) is 63.6. The number of ether oxygens (including phenoxy) is 1. The average Bonchev–Trinajstić information content (AvgIpc) is 3.04. The number of carbonyl (C=O) groups is 5. The highest BCUT2D eigenvalue weighted by molar-refractivity contribution is 7.98. The lowest BCUT2D eigenvalue weighted by Gasteiger charge is -2.27. The van der Waals surface area contributed by atoms with Crippen LogP contribution in [0.5, 0.6) is 5.75 Å². The minimum absolute atomic E-state index is 0.143. The van der Waals surface area contributed by atoms with Gasteiger partial charge in [0.05, 0.1) is 19.7 Å². The Kier molecular flexibility index (Phi) is 18.3. The number of hydrogen-bond acceptors (Lipinski definition) is 9. The molecule has 13 heteroatoms. The van der Waals surface area contributed by atoms with Gasteiger partial charge < -0.3 is 36.8 Å². The predicted octanol–water partition coefficient (Wildman–Crippen LogP) is 2.54. The third-order valence-corrected chi connectivity index (χ3v) is 9.28. The van der Waals surface area contributed by atoms with Crippen molar-refractivity contribution in [3.05, 3.63) is 28.8 Å². The molecule has 1 aromatic rings. The highest BCUT2D eigenvalue weighted by Gasteiger charge is 2.28. The molecule has 0 heterocycles. The Morgan fingerprint density at radius 2 is 1.60 bits per heavy atom. The summed E-state index contributed by atoms with van der Waals surface area (Å²) in [5.41, 5.74) is 8.73. The van der Waals surface area contributed by atoms with E-state index in [0.717, 1.165) is 48.8 Å². The zero-order valence-electron chi connectivity index (χ0n) is 28.5. The second kappa shape index (κ2) is 21.5. The van der Waals surface area contributed by atoms with E-state index < -0.39 is 35.8 Å². The van der Waals surface area contributed by atoms with Gasteiger partial charge in [0.2, 0.25) is 23.6 Å². The summed E-state index contributed by atoms with van der Waals surface area (Å²) in [5.74, 6) is -0.928. The van der Waals surface area contributed by atoms with E-state index in [4.69, 9.17) is 5.73 Å². The molecule has 4 amide bonds.